The molecule has 2 aromatic carbocycles. The fourth-order valence-electron chi connectivity index (χ4n) is 3.37. The normalized spacial score (nSPS) is 17.6. The number of hydrogen-bond acceptors (Lipinski definition) is 3. The van der Waals surface area contributed by atoms with E-state index >= 15 is 0 Å². The maximum atomic E-state index is 12.2. The van der Waals surface area contributed by atoms with Gasteiger partial charge in [-0.05, 0) is 35.2 Å². The maximum Gasteiger partial charge on any atom is 0.223 e. The monoisotopic (exact) mass is 320 g/mol. The number of nitrogens with zero attached hydrogens (tertiary/aromatic N) is 4. The van der Waals surface area contributed by atoms with Crippen LogP contribution < -0.4 is 0 Å². The zero-order valence-corrected chi connectivity index (χ0v) is 13.1. The lowest BCUT2D eigenvalue weighted by molar-refractivity contribution is -0.128. The zero-order chi connectivity index (χ0) is 16.5. The van der Waals surface area contributed by atoms with E-state index in [9.17, 15) is 4.79 Å². The third-order valence-electron chi connectivity index (χ3n) is 4.51. The molecule has 1 atom stereocenters. The molecule has 1 amide bonds. The molecule has 1 aromatic heterocycles. The Morgan fingerprint density at radius 3 is 2.92 bits per heavy atom. The molecule has 4 rings (SSSR count). The minimum absolute atomic E-state index is 0.116. The van der Waals surface area contributed by atoms with Crippen LogP contribution in [0.1, 0.15) is 12.0 Å². The Balaban J connectivity index is 1.59. The van der Waals surface area contributed by atoms with Gasteiger partial charge in [-0.2, -0.15) is 0 Å². The number of carbonyl (C=O) groups excluding carboxylic acids is 1. The molecule has 6 nitrogen and oxygen atoms in total. The summed E-state index contributed by atoms with van der Waals surface area (Å²) in [5, 5.41) is 5.74. The number of hydrogen-bond donors (Lipinski definition) is 0. The van der Waals surface area contributed by atoms with Gasteiger partial charge in [0.2, 0.25) is 5.91 Å². The minimum atomic E-state index is 0.116. The van der Waals surface area contributed by atoms with Gasteiger partial charge in [0.25, 0.3) is 0 Å². The first-order valence-electron chi connectivity index (χ1n) is 7.93. The first kappa shape index (κ1) is 14.6. The molecule has 2 heterocycles. The summed E-state index contributed by atoms with van der Waals surface area (Å²) in [7, 11) is 0. The van der Waals surface area contributed by atoms with Crippen LogP contribution in [-0.4, -0.2) is 23.9 Å². The lowest BCUT2D eigenvalue weighted by Gasteiger charge is -2.16. The van der Waals surface area contributed by atoms with E-state index in [-0.39, 0.29) is 11.8 Å². The van der Waals surface area contributed by atoms with Crippen molar-refractivity contribution in [2.24, 2.45) is 11.0 Å². The highest BCUT2D eigenvalue weighted by molar-refractivity contribution is 6.05. The van der Waals surface area contributed by atoms with Crippen LogP contribution in [-0.2, 0) is 11.3 Å². The zero-order valence-electron chi connectivity index (χ0n) is 13.1. The first-order valence-corrected chi connectivity index (χ1v) is 7.93. The largest absolute Gasteiger partial charge is 0.456 e. The van der Waals surface area contributed by atoms with Gasteiger partial charge in [0.15, 0.2) is 0 Å². The molecule has 0 bridgehead atoms. The van der Waals surface area contributed by atoms with Crippen molar-refractivity contribution >= 4 is 27.8 Å². The molecule has 1 aliphatic heterocycles. The van der Waals surface area contributed by atoms with Crippen molar-refractivity contribution in [3.05, 3.63) is 58.5 Å². The average molecular weight is 320 g/mol. The fraction of sp³-hybridized carbons (Fsp3) is 0.278. The van der Waals surface area contributed by atoms with E-state index in [0.29, 0.717) is 26.1 Å². The summed E-state index contributed by atoms with van der Waals surface area (Å²) in [6.07, 6.45) is 0.454. The number of rotatable bonds is 4. The summed E-state index contributed by atoms with van der Waals surface area (Å²) in [5.41, 5.74) is 11.2. The average Bonchev–Trinajstić information content (AvgIpc) is 3.13. The lowest BCUT2D eigenvalue weighted by atomic mass is 10.1. The quantitative estimate of drug-likeness (QED) is 0.409. The first-order chi connectivity index (χ1) is 11.7. The van der Waals surface area contributed by atoms with Crippen LogP contribution in [0.4, 0.5) is 0 Å². The van der Waals surface area contributed by atoms with Crippen LogP contribution in [0.3, 0.4) is 0 Å². The van der Waals surface area contributed by atoms with Gasteiger partial charge in [0, 0.05) is 41.7 Å². The van der Waals surface area contributed by atoms with E-state index in [2.05, 4.69) is 16.1 Å². The van der Waals surface area contributed by atoms with Crippen molar-refractivity contribution in [1.82, 2.24) is 4.90 Å². The van der Waals surface area contributed by atoms with Gasteiger partial charge < -0.3 is 9.32 Å². The van der Waals surface area contributed by atoms with Gasteiger partial charge in [-0.1, -0.05) is 29.4 Å². The van der Waals surface area contributed by atoms with E-state index in [1.807, 2.05) is 41.3 Å². The summed E-state index contributed by atoms with van der Waals surface area (Å²) in [6.45, 7) is 1.59. The third-order valence-corrected chi connectivity index (χ3v) is 4.51. The summed E-state index contributed by atoms with van der Waals surface area (Å²) in [4.78, 5) is 16.8. The predicted octanol–water partition coefficient (Wildman–Crippen LogP) is 4.24. The number of benzene rings is 2. The topological polar surface area (TPSA) is 82.2 Å². The summed E-state index contributed by atoms with van der Waals surface area (Å²) in [5.74, 6) is 0.233. The van der Waals surface area contributed by atoms with E-state index in [1.165, 1.54) is 0 Å². The molecule has 120 valence electrons. The Kier molecular flexibility index (Phi) is 3.59. The van der Waals surface area contributed by atoms with Crippen LogP contribution in [0.15, 0.2) is 52.0 Å². The highest BCUT2D eigenvalue weighted by Gasteiger charge is 2.28. The smallest absolute Gasteiger partial charge is 0.223 e. The van der Waals surface area contributed by atoms with Crippen LogP contribution in [0.5, 0.6) is 0 Å². The standard InChI is InChI=1S/C18H16N4O2/c19-21-20-9-13-8-18(23)22(11-13)10-12-5-6-17-15(7-12)14-3-1-2-4-16(14)24-17/h1-7,13H,8-11H2. The minimum Gasteiger partial charge on any atom is -0.456 e. The number of fused-ring (bicyclic) bond motifs is 3. The molecule has 24 heavy (non-hydrogen) atoms. The molecule has 6 heteroatoms. The molecule has 0 radical (unpaired) electrons. The van der Waals surface area contributed by atoms with Gasteiger partial charge >= 0.3 is 0 Å². The Hall–Kier alpha value is -2.98. The molecular weight excluding hydrogens is 304 g/mol. The van der Waals surface area contributed by atoms with Crippen molar-refractivity contribution in [2.75, 3.05) is 13.1 Å². The maximum absolute atomic E-state index is 12.2. The molecule has 0 aliphatic carbocycles. The van der Waals surface area contributed by atoms with Gasteiger partial charge in [-0.15, -0.1) is 0 Å². The molecule has 0 saturated carbocycles. The van der Waals surface area contributed by atoms with Crippen LogP contribution in [0, 0.1) is 5.92 Å². The van der Waals surface area contributed by atoms with Crippen LogP contribution >= 0.6 is 0 Å². The molecule has 0 N–H and O–H groups in total. The van der Waals surface area contributed by atoms with Crippen molar-refractivity contribution < 1.29 is 9.21 Å². The second-order valence-electron chi connectivity index (χ2n) is 6.19. The van der Waals surface area contributed by atoms with E-state index in [1.54, 1.807) is 0 Å². The van der Waals surface area contributed by atoms with Gasteiger partial charge in [0.1, 0.15) is 11.2 Å². The van der Waals surface area contributed by atoms with Gasteiger partial charge in [-0.3, -0.25) is 4.79 Å². The molecule has 1 fully saturated rings. The molecule has 0 spiro atoms. The SMILES string of the molecule is [N-]=[N+]=NCC1CC(=O)N(Cc2ccc3oc4ccccc4c3c2)C1. The number of furan rings is 1. The van der Waals surface area contributed by atoms with E-state index in [0.717, 1.165) is 27.5 Å². The number of amides is 1. The Bertz CT molecular complexity index is 971. The second-order valence-corrected chi connectivity index (χ2v) is 6.19. The summed E-state index contributed by atoms with van der Waals surface area (Å²) in [6, 6.07) is 14.0. The predicted molar refractivity (Wildman–Crippen MR) is 91.3 cm³/mol. The third kappa shape index (κ3) is 2.57. The number of azide groups is 1. The summed E-state index contributed by atoms with van der Waals surface area (Å²) < 4.78 is 5.83. The van der Waals surface area contributed by atoms with Gasteiger partial charge in [0.05, 0.1) is 0 Å². The fourth-order valence-corrected chi connectivity index (χ4v) is 3.37. The molecule has 3 aromatic rings. The Morgan fingerprint density at radius 2 is 2.04 bits per heavy atom. The van der Waals surface area contributed by atoms with E-state index in [4.69, 9.17) is 9.95 Å². The second kappa shape index (κ2) is 5.91. The number of likely N-dealkylation sites (tertiary alicyclic amines) is 1. The molecule has 1 saturated heterocycles. The molecule has 1 unspecified atom stereocenters. The molecular formula is C18H16N4O2. The van der Waals surface area contributed by atoms with Crippen LogP contribution in [0.25, 0.3) is 32.4 Å². The van der Waals surface area contributed by atoms with Crippen molar-refractivity contribution in [2.45, 2.75) is 13.0 Å². The Morgan fingerprint density at radius 1 is 1.21 bits per heavy atom. The highest BCUT2D eigenvalue weighted by atomic mass is 16.3. The van der Waals surface area contributed by atoms with Gasteiger partial charge in [-0.25, -0.2) is 0 Å². The van der Waals surface area contributed by atoms with E-state index < -0.39 is 0 Å². The van der Waals surface area contributed by atoms with Crippen molar-refractivity contribution in [1.29, 1.82) is 0 Å². The van der Waals surface area contributed by atoms with Crippen molar-refractivity contribution in [3.63, 3.8) is 0 Å². The Labute approximate surface area is 138 Å². The van der Waals surface area contributed by atoms with Crippen LogP contribution in [0.2, 0.25) is 0 Å². The lowest BCUT2D eigenvalue weighted by Crippen LogP contribution is -2.24. The van der Waals surface area contributed by atoms with Crippen molar-refractivity contribution in [3.8, 4) is 0 Å². The highest BCUT2D eigenvalue weighted by Crippen LogP contribution is 2.30. The molecule has 1 aliphatic rings. The summed E-state index contributed by atoms with van der Waals surface area (Å²) >= 11 is 0. The number of carbonyl (C=O) groups is 1. The number of para-hydroxylation sites is 1.